The van der Waals surface area contributed by atoms with Crippen molar-refractivity contribution in [3.8, 4) is 5.75 Å². The molecule has 3 aromatic carbocycles. The number of nitrogens with zero attached hydrogens (tertiary/aromatic N) is 1. The summed E-state index contributed by atoms with van der Waals surface area (Å²) < 4.78 is 0. The van der Waals surface area contributed by atoms with Crippen molar-refractivity contribution < 1.29 is 11.3 Å². The van der Waals surface area contributed by atoms with E-state index in [9.17, 15) is 9.90 Å². The van der Waals surface area contributed by atoms with E-state index in [0.717, 1.165) is 43.5 Å². The lowest BCUT2D eigenvalue weighted by molar-refractivity contribution is -0.126. The largest absolute Gasteiger partial charge is 0.508 e. The molecule has 0 radical (unpaired) electrons. The Morgan fingerprint density at radius 1 is 1.13 bits per heavy atom. The van der Waals surface area contributed by atoms with Gasteiger partial charge in [0.15, 0.2) is 0 Å². The van der Waals surface area contributed by atoms with E-state index in [1.165, 1.54) is 16.3 Å². The zero-order valence-electron chi connectivity index (χ0n) is 18.5. The van der Waals surface area contributed by atoms with Gasteiger partial charge in [0.05, 0.1) is 0 Å². The Balaban J connectivity index is 0.00000289. The molecular weight excluding hydrogens is 384 g/mol. The van der Waals surface area contributed by atoms with E-state index < -0.39 is 0 Å². The molecular formula is C27H34N2O2. The minimum atomic E-state index is 0. The summed E-state index contributed by atoms with van der Waals surface area (Å²) in [6.07, 6.45) is 2.82. The molecule has 1 aliphatic heterocycles. The molecule has 0 aromatic heterocycles. The molecule has 1 heterocycles. The lowest BCUT2D eigenvalue weighted by Gasteiger charge is -2.37. The van der Waals surface area contributed by atoms with Crippen LogP contribution in [-0.2, 0) is 11.3 Å². The summed E-state index contributed by atoms with van der Waals surface area (Å²) in [5.74, 6) is 0.456. The number of aromatic hydroxyl groups is 1. The summed E-state index contributed by atoms with van der Waals surface area (Å²) in [6, 6.07) is 21.1. The molecule has 0 saturated carbocycles. The van der Waals surface area contributed by atoms with E-state index in [-0.39, 0.29) is 19.0 Å². The van der Waals surface area contributed by atoms with Gasteiger partial charge in [0.25, 0.3) is 0 Å². The van der Waals surface area contributed by atoms with E-state index >= 15 is 0 Å². The van der Waals surface area contributed by atoms with E-state index in [1.54, 1.807) is 6.07 Å². The lowest BCUT2D eigenvalue weighted by atomic mass is 9.91. The number of nitrogens with one attached hydrogen (secondary N) is 1. The molecule has 0 spiro atoms. The Bertz CT molecular complexity index is 1060. The number of rotatable bonds is 6. The fourth-order valence-corrected chi connectivity index (χ4v) is 4.79. The van der Waals surface area contributed by atoms with Gasteiger partial charge in [-0.3, -0.25) is 9.69 Å². The first kappa shape index (κ1) is 21.4. The van der Waals surface area contributed by atoms with Crippen molar-refractivity contribution in [2.45, 2.75) is 45.7 Å². The van der Waals surface area contributed by atoms with Gasteiger partial charge >= 0.3 is 0 Å². The molecule has 3 aromatic rings. The second-order valence-electron chi connectivity index (χ2n) is 8.64. The first-order valence-electron chi connectivity index (χ1n) is 11.3. The third-order valence-electron chi connectivity index (χ3n) is 6.65. The molecule has 1 aliphatic rings. The van der Waals surface area contributed by atoms with Crippen LogP contribution >= 0.6 is 0 Å². The Kier molecular flexibility index (Phi) is 6.57. The molecule has 4 heteroatoms. The smallest absolute Gasteiger partial charge is 0.223 e. The number of piperidine rings is 1. The van der Waals surface area contributed by atoms with Gasteiger partial charge in [-0.2, -0.15) is 0 Å². The van der Waals surface area contributed by atoms with Gasteiger partial charge in [0.2, 0.25) is 5.91 Å². The predicted octanol–water partition coefficient (Wildman–Crippen LogP) is 5.58. The molecule has 164 valence electrons. The first-order chi connectivity index (χ1) is 15.1. The summed E-state index contributed by atoms with van der Waals surface area (Å²) in [5, 5.41) is 15.5. The summed E-state index contributed by atoms with van der Waals surface area (Å²) in [7, 11) is 0. The lowest BCUT2D eigenvalue weighted by Crippen LogP contribution is -2.41. The average Bonchev–Trinajstić information content (AvgIpc) is 2.81. The highest BCUT2D eigenvalue weighted by atomic mass is 16.3. The van der Waals surface area contributed by atoms with E-state index in [2.05, 4.69) is 59.6 Å². The number of aryl methyl sites for hydroxylation is 1. The third kappa shape index (κ3) is 4.75. The monoisotopic (exact) mass is 418 g/mol. The Morgan fingerprint density at radius 2 is 1.87 bits per heavy atom. The Labute approximate surface area is 186 Å². The minimum Gasteiger partial charge on any atom is -0.508 e. The summed E-state index contributed by atoms with van der Waals surface area (Å²) in [5.41, 5.74) is 3.16. The van der Waals surface area contributed by atoms with Gasteiger partial charge in [-0.05, 0) is 72.8 Å². The van der Waals surface area contributed by atoms with Gasteiger partial charge < -0.3 is 10.4 Å². The fourth-order valence-electron chi connectivity index (χ4n) is 4.79. The number of carbonyl (C=O) groups excluding carboxylic acids is 1. The highest BCUT2D eigenvalue weighted by Gasteiger charge is 2.29. The van der Waals surface area contributed by atoms with Crippen LogP contribution in [0.15, 0.2) is 60.7 Å². The van der Waals surface area contributed by atoms with Gasteiger partial charge in [0.1, 0.15) is 5.75 Å². The predicted molar refractivity (Wildman–Crippen MR) is 128 cm³/mol. The Hall–Kier alpha value is -2.85. The zero-order chi connectivity index (χ0) is 21.8. The third-order valence-corrected chi connectivity index (χ3v) is 6.65. The molecule has 4 nitrogen and oxygen atoms in total. The van der Waals surface area contributed by atoms with Gasteiger partial charge in [0, 0.05) is 19.9 Å². The molecule has 0 bridgehead atoms. The number of carbonyl (C=O) groups is 1. The number of amides is 1. The number of fused-ring (bicyclic) bond motifs is 1. The van der Waals surface area contributed by atoms with Crippen molar-refractivity contribution in [3.05, 3.63) is 77.4 Å². The summed E-state index contributed by atoms with van der Waals surface area (Å²) in [6.45, 7) is 6.45. The van der Waals surface area contributed by atoms with Crippen LogP contribution in [-0.4, -0.2) is 29.0 Å². The zero-order valence-corrected chi connectivity index (χ0v) is 18.5. The van der Waals surface area contributed by atoms with Crippen LogP contribution in [0.5, 0.6) is 5.75 Å². The Morgan fingerprint density at radius 3 is 2.61 bits per heavy atom. The number of likely N-dealkylation sites (tertiary alicyclic amines) is 1. The summed E-state index contributed by atoms with van der Waals surface area (Å²) in [4.78, 5) is 15.3. The van der Waals surface area contributed by atoms with E-state index in [4.69, 9.17) is 0 Å². The maximum absolute atomic E-state index is 12.7. The molecule has 1 fully saturated rings. The van der Waals surface area contributed by atoms with Gasteiger partial charge in [-0.1, -0.05) is 61.5 Å². The van der Waals surface area contributed by atoms with Crippen molar-refractivity contribution in [1.29, 1.82) is 0 Å². The van der Waals surface area contributed by atoms with Crippen LogP contribution in [0.3, 0.4) is 0 Å². The highest BCUT2D eigenvalue weighted by molar-refractivity contribution is 5.86. The number of phenolic OH excluding ortho intramolecular Hbond substituents is 1. The van der Waals surface area contributed by atoms with E-state index in [0.29, 0.717) is 12.6 Å². The fraction of sp³-hybridized carbons (Fsp3) is 0.370. The van der Waals surface area contributed by atoms with Crippen LogP contribution in [0.25, 0.3) is 10.8 Å². The van der Waals surface area contributed by atoms with Crippen LogP contribution in [0.2, 0.25) is 0 Å². The topological polar surface area (TPSA) is 52.6 Å². The van der Waals surface area contributed by atoms with Gasteiger partial charge in [-0.15, -0.1) is 0 Å². The first-order valence-corrected chi connectivity index (χ1v) is 11.3. The van der Waals surface area contributed by atoms with E-state index in [1.807, 2.05) is 19.1 Å². The standard InChI is InChI=1S/C27H32N2O2.H2/c1-3-25(24-10-6-8-21-7-4-5-9-23(21)24)29-15-13-22(14-16-29)27(31)28-18-20-12-11-19(2)26(30)17-20;/h4-12,17,22,25,30H,3,13-16,18H2,1-2H3,(H,28,31);1H. The highest BCUT2D eigenvalue weighted by Crippen LogP contribution is 2.33. The van der Waals surface area contributed by atoms with Crippen LogP contribution in [0.4, 0.5) is 0 Å². The average molecular weight is 419 g/mol. The maximum Gasteiger partial charge on any atom is 0.223 e. The molecule has 31 heavy (non-hydrogen) atoms. The van der Waals surface area contributed by atoms with Crippen LogP contribution in [0, 0.1) is 12.8 Å². The SMILES string of the molecule is CCC(c1cccc2ccccc12)N1CCC(C(=O)NCc2ccc(C)c(O)c2)CC1.[HH]. The normalized spacial score (nSPS) is 16.3. The minimum absolute atomic E-state index is 0. The molecule has 2 N–H and O–H groups in total. The van der Waals surface area contributed by atoms with Crippen molar-refractivity contribution in [2.75, 3.05) is 13.1 Å². The van der Waals surface area contributed by atoms with Crippen molar-refractivity contribution >= 4 is 16.7 Å². The molecule has 0 aliphatic carbocycles. The van der Waals surface area contributed by atoms with Gasteiger partial charge in [-0.25, -0.2) is 0 Å². The molecule has 1 atom stereocenters. The van der Waals surface area contributed by atoms with Crippen LogP contribution < -0.4 is 5.32 Å². The molecule has 1 saturated heterocycles. The molecule has 1 unspecified atom stereocenters. The maximum atomic E-state index is 12.7. The quantitative estimate of drug-likeness (QED) is 0.549. The number of phenols is 1. The second kappa shape index (κ2) is 9.52. The van der Waals surface area contributed by atoms with Crippen LogP contribution in [0.1, 0.15) is 50.3 Å². The molecule has 4 rings (SSSR count). The number of hydrogen-bond acceptors (Lipinski definition) is 3. The summed E-state index contributed by atoms with van der Waals surface area (Å²) >= 11 is 0. The number of hydrogen-bond donors (Lipinski definition) is 2. The number of benzene rings is 3. The van der Waals surface area contributed by atoms with Crippen molar-refractivity contribution in [1.82, 2.24) is 10.2 Å². The van der Waals surface area contributed by atoms with Crippen molar-refractivity contribution in [3.63, 3.8) is 0 Å². The molecule has 1 amide bonds. The second-order valence-corrected chi connectivity index (χ2v) is 8.64. The van der Waals surface area contributed by atoms with Crippen molar-refractivity contribution in [2.24, 2.45) is 5.92 Å².